The Labute approximate surface area is 217 Å². The molecule has 192 valence electrons. The van der Waals surface area contributed by atoms with Crippen molar-refractivity contribution in [2.75, 3.05) is 13.1 Å². The van der Waals surface area contributed by atoms with E-state index < -0.39 is 11.6 Å². The summed E-state index contributed by atoms with van der Waals surface area (Å²) in [6, 6.07) is 12.7. The first-order chi connectivity index (χ1) is 16.7. The van der Waals surface area contributed by atoms with Gasteiger partial charge in [0.25, 0.3) is 5.91 Å². The van der Waals surface area contributed by atoms with Gasteiger partial charge in [-0.3, -0.25) is 14.4 Å². The first kappa shape index (κ1) is 27.2. The molecule has 0 spiro atoms. The highest BCUT2D eigenvalue weighted by molar-refractivity contribution is 5.95. The Balaban J connectivity index is 0.00000361. The molecule has 3 amide bonds. The van der Waals surface area contributed by atoms with Crippen molar-refractivity contribution in [3.63, 3.8) is 0 Å². The molecule has 1 atom stereocenters. The van der Waals surface area contributed by atoms with Crippen molar-refractivity contribution in [3.8, 4) is 0 Å². The largest absolute Gasteiger partial charge is 0.361 e. The topological polar surface area (TPSA) is 120 Å². The molecule has 0 saturated carbocycles. The Hall–Kier alpha value is -3.36. The van der Waals surface area contributed by atoms with Crippen LogP contribution in [0, 0.1) is 0 Å². The van der Waals surface area contributed by atoms with Crippen LogP contribution in [-0.2, 0) is 29.0 Å². The zero-order chi connectivity index (χ0) is 25.2. The van der Waals surface area contributed by atoms with Gasteiger partial charge in [0.1, 0.15) is 6.04 Å². The number of aromatic nitrogens is 1. The summed E-state index contributed by atoms with van der Waals surface area (Å²) in [6.45, 7) is 6.64. The number of nitrogens with zero attached hydrogens (tertiary/aromatic N) is 1. The molecule has 0 unspecified atom stereocenters. The Morgan fingerprint density at radius 2 is 1.89 bits per heavy atom. The number of aromatic amines is 1. The van der Waals surface area contributed by atoms with E-state index in [0.717, 1.165) is 27.6 Å². The van der Waals surface area contributed by atoms with Gasteiger partial charge in [0.15, 0.2) is 0 Å². The molecule has 36 heavy (non-hydrogen) atoms. The van der Waals surface area contributed by atoms with Crippen molar-refractivity contribution < 1.29 is 14.4 Å². The molecule has 1 aliphatic heterocycles. The smallest absolute Gasteiger partial charge is 0.251 e. The van der Waals surface area contributed by atoms with E-state index in [1.165, 1.54) is 0 Å². The number of carbonyl (C=O) groups is 3. The third kappa shape index (κ3) is 5.88. The maximum Gasteiger partial charge on any atom is 0.251 e. The van der Waals surface area contributed by atoms with E-state index in [0.29, 0.717) is 38.0 Å². The van der Waals surface area contributed by atoms with Crippen molar-refractivity contribution in [3.05, 3.63) is 70.9 Å². The minimum absolute atomic E-state index is 0. The third-order valence-electron chi connectivity index (χ3n) is 6.42. The number of hydrogen-bond donors (Lipinski definition) is 4. The average Bonchev–Trinajstić information content (AvgIpc) is 3.24. The van der Waals surface area contributed by atoms with Crippen molar-refractivity contribution in [2.45, 2.75) is 51.7 Å². The first-order valence-corrected chi connectivity index (χ1v) is 12.0. The predicted octanol–water partition coefficient (Wildman–Crippen LogP) is 2.69. The van der Waals surface area contributed by atoms with E-state index in [1.54, 1.807) is 24.8 Å². The van der Waals surface area contributed by atoms with E-state index >= 15 is 0 Å². The van der Waals surface area contributed by atoms with Gasteiger partial charge in [-0.25, -0.2) is 0 Å². The number of amides is 3. The third-order valence-corrected chi connectivity index (χ3v) is 6.42. The van der Waals surface area contributed by atoms with Crippen molar-refractivity contribution in [1.82, 2.24) is 20.5 Å². The van der Waals surface area contributed by atoms with Crippen molar-refractivity contribution in [2.24, 2.45) is 5.73 Å². The van der Waals surface area contributed by atoms with E-state index in [2.05, 4.69) is 15.6 Å². The van der Waals surface area contributed by atoms with Crippen LogP contribution < -0.4 is 16.4 Å². The lowest BCUT2D eigenvalue weighted by Crippen LogP contribution is -2.57. The molecule has 2 heterocycles. The molecule has 8 nitrogen and oxygen atoms in total. The summed E-state index contributed by atoms with van der Waals surface area (Å²) in [6.07, 6.45) is 2.88. The second kappa shape index (κ2) is 11.1. The van der Waals surface area contributed by atoms with Crippen LogP contribution >= 0.6 is 12.4 Å². The van der Waals surface area contributed by atoms with Crippen LogP contribution in [0.25, 0.3) is 10.9 Å². The normalized spacial score (nSPS) is 13.9. The maximum absolute atomic E-state index is 13.7. The molecule has 2 aromatic carbocycles. The molecule has 3 aromatic rings. The lowest BCUT2D eigenvalue weighted by Gasteiger charge is -2.33. The van der Waals surface area contributed by atoms with E-state index in [9.17, 15) is 14.4 Å². The molecule has 9 heteroatoms. The molecule has 0 aliphatic carbocycles. The minimum Gasteiger partial charge on any atom is -0.361 e. The van der Waals surface area contributed by atoms with Crippen LogP contribution in [-0.4, -0.2) is 52.3 Å². The van der Waals surface area contributed by atoms with Crippen molar-refractivity contribution in [1.29, 1.82) is 0 Å². The summed E-state index contributed by atoms with van der Waals surface area (Å²) in [5.41, 5.74) is 9.55. The van der Waals surface area contributed by atoms with Gasteiger partial charge in [-0.1, -0.05) is 24.3 Å². The van der Waals surface area contributed by atoms with Crippen LogP contribution in [0.15, 0.2) is 48.7 Å². The molecule has 1 aliphatic rings. The van der Waals surface area contributed by atoms with E-state index in [1.807, 2.05) is 49.5 Å². The number of rotatable bonds is 7. The van der Waals surface area contributed by atoms with Crippen molar-refractivity contribution >= 4 is 41.0 Å². The van der Waals surface area contributed by atoms with Gasteiger partial charge in [-0.05, 0) is 62.1 Å². The second-order valence-corrected chi connectivity index (χ2v) is 9.66. The number of carbonyl (C=O) groups excluding carboxylic acids is 3. The number of para-hydroxylation sites is 1. The molecule has 0 fully saturated rings. The van der Waals surface area contributed by atoms with Crippen LogP contribution in [0.2, 0.25) is 0 Å². The summed E-state index contributed by atoms with van der Waals surface area (Å²) < 4.78 is 0. The molecular weight excluding hydrogens is 478 g/mol. The zero-order valence-electron chi connectivity index (χ0n) is 20.9. The van der Waals surface area contributed by atoms with Gasteiger partial charge in [-0.15, -0.1) is 12.4 Å². The average molecular weight is 512 g/mol. The first-order valence-electron chi connectivity index (χ1n) is 12.0. The molecule has 5 N–H and O–H groups in total. The molecule has 1 aromatic heterocycles. The number of benzene rings is 2. The molecule has 0 radical (unpaired) electrons. The number of nitrogens with two attached hydrogens (primary N) is 1. The number of nitrogens with one attached hydrogen (secondary N) is 3. The number of H-pyrrole nitrogens is 1. The van der Waals surface area contributed by atoms with Gasteiger partial charge < -0.3 is 26.3 Å². The molecule has 0 bridgehead atoms. The predicted molar refractivity (Wildman–Crippen MR) is 143 cm³/mol. The number of hydrogen-bond acceptors (Lipinski definition) is 4. The Kier molecular flexibility index (Phi) is 8.43. The molecule has 4 rings (SSSR count). The summed E-state index contributed by atoms with van der Waals surface area (Å²) in [7, 11) is 0. The van der Waals surface area contributed by atoms with E-state index in [-0.39, 0.29) is 30.1 Å². The van der Waals surface area contributed by atoms with Crippen LogP contribution in [0.3, 0.4) is 0 Å². The SMILES string of the molecule is CCNC(=O)c1ccc2c(c1)CCN(C(=O)[C@@H](Cc1c[nH]c3ccccc13)NC(=O)C(C)(C)N)C2.Cl. The highest BCUT2D eigenvalue weighted by Gasteiger charge is 2.32. The summed E-state index contributed by atoms with van der Waals surface area (Å²) in [5.74, 6) is -0.620. The Morgan fingerprint density at radius 3 is 2.61 bits per heavy atom. The van der Waals surface area contributed by atoms with Gasteiger partial charge in [-0.2, -0.15) is 0 Å². The fraction of sp³-hybridized carbons (Fsp3) is 0.370. The monoisotopic (exact) mass is 511 g/mol. The maximum atomic E-state index is 13.7. The van der Waals surface area contributed by atoms with E-state index in [4.69, 9.17) is 5.73 Å². The van der Waals surface area contributed by atoms with Gasteiger partial charge >= 0.3 is 0 Å². The number of fused-ring (bicyclic) bond motifs is 2. The van der Waals surface area contributed by atoms with Gasteiger partial charge in [0.2, 0.25) is 11.8 Å². The fourth-order valence-corrected chi connectivity index (χ4v) is 4.43. The Morgan fingerprint density at radius 1 is 1.14 bits per heavy atom. The lowest BCUT2D eigenvalue weighted by molar-refractivity contribution is -0.138. The molecule has 0 saturated heterocycles. The van der Waals surface area contributed by atoms with Crippen LogP contribution in [0.1, 0.15) is 47.8 Å². The highest BCUT2D eigenvalue weighted by atomic mass is 35.5. The molecular formula is C27H34ClN5O3. The summed E-state index contributed by atoms with van der Waals surface area (Å²) >= 11 is 0. The lowest BCUT2D eigenvalue weighted by atomic mass is 9.95. The second-order valence-electron chi connectivity index (χ2n) is 9.66. The fourth-order valence-electron chi connectivity index (χ4n) is 4.43. The highest BCUT2D eigenvalue weighted by Crippen LogP contribution is 2.24. The minimum atomic E-state index is -1.11. The zero-order valence-corrected chi connectivity index (χ0v) is 21.7. The number of halogens is 1. The van der Waals surface area contributed by atoms with Gasteiger partial charge in [0.05, 0.1) is 5.54 Å². The summed E-state index contributed by atoms with van der Waals surface area (Å²) in [4.78, 5) is 43.6. The van der Waals surface area contributed by atoms with Gasteiger partial charge in [0, 0.05) is 48.7 Å². The quantitative estimate of drug-likeness (QED) is 0.389. The standard InChI is InChI=1S/C27H33N5O3.ClH/c1-4-29-24(33)18-9-10-19-16-32(12-11-17(19)13-18)25(34)23(31-26(35)27(2,3)28)14-20-15-30-22-8-6-5-7-21(20)22;/h5-10,13,15,23,30H,4,11-12,14,16,28H2,1-3H3,(H,29,33)(H,31,35);1H/t23-;/m1./s1. The Bertz CT molecular complexity index is 1260. The van der Waals surface area contributed by atoms with Crippen LogP contribution in [0.4, 0.5) is 0 Å². The van der Waals surface area contributed by atoms with Crippen LogP contribution in [0.5, 0.6) is 0 Å². The summed E-state index contributed by atoms with van der Waals surface area (Å²) in [5, 5.41) is 6.74.